The Kier molecular flexibility index (Phi) is 4.59. The Morgan fingerprint density at radius 2 is 2.15 bits per heavy atom. The lowest BCUT2D eigenvalue weighted by Crippen LogP contribution is -2.32. The molecule has 5 nitrogen and oxygen atoms in total. The highest BCUT2D eigenvalue weighted by Crippen LogP contribution is 2.35. The number of hydrogen-bond donors (Lipinski definition) is 1. The van der Waals surface area contributed by atoms with Crippen LogP contribution in [0.2, 0.25) is 0 Å². The molecule has 0 fully saturated rings. The maximum absolute atomic E-state index is 12.9. The first-order chi connectivity index (χ1) is 12.6. The molecular formula is C20H21N3O2S. The molecule has 0 bridgehead atoms. The number of hydrogen-bond acceptors (Lipinski definition) is 4. The third-order valence-corrected chi connectivity index (χ3v) is 6.09. The molecule has 1 aliphatic carbocycles. The molecule has 2 aromatic heterocycles. The topological polar surface area (TPSA) is 64.0 Å². The van der Waals surface area contributed by atoms with Crippen molar-refractivity contribution >= 4 is 27.5 Å². The summed E-state index contributed by atoms with van der Waals surface area (Å²) in [6.45, 7) is 2.70. The molecule has 0 unspecified atom stereocenters. The summed E-state index contributed by atoms with van der Waals surface area (Å²) in [6, 6.07) is 9.72. The van der Waals surface area contributed by atoms with Crippen molar-refractivity contribution in [2.75, 3.05) is 0 Å². The van der Waals surface area contributed by atoms with Crippen molar-refractivity contribution in [1.82, 2.24) is 14.9 Å². The highest BCUT2D eigenvalue weighted by Gasteiger charge is 2.23. The van der Waals surface area contributed by atoms with Crippen molar-refractivity contribution < 1.29 is 4.79 Å². The molecule has 1 N–H and O–H groups in total. The Hall–Kier alpha value is -2.47. The average molecular weight is 367 g/mol. The number of rotatable bonds is 4. The number of aromatic nitrogens is 2. The second kappa shape index (κ2) is 7.03. The van der Waals surface area contributed by atoms with E-state index in [-0.39, 0.29) is 18.0 Å². The van der Waals surface area contributed by atoms with Gasteiger partial charge in [-0.3, -0.25) is 14.2 Å². The van der Waals surface area contributed by atoms with Crippen LogP contribution in [0.25, 0.3) is 10.2 Å². The van der Waals surface area contributed by atoms with Crippen LogP contribution in [0.3, 0.4) is 0 Å². The van der Waals surface area contributed by atoms with Gasteiger partial charge >= 0.3 is 0 Å². The Bertz CT molecular complexity index is 1010. The Morgan fingerprint density at radius 3 is 2.96 bits per heavy atom. The lowest BCUT2D eigenvalue weighted by molar-refractivity contribution is -0.121. The first-order valence-electron chi connectivity index (χ1n) is 8.92. The summed E-state index contributed by atoms with van der Waals surface area (Å²) in [7, 11) is 0. The second-order valence-electron chi connectivity index (χ2n) is 6.97. The van der Waals surface area contributed by atoms with Gasteiger partial charge in [-0.05, 0) is 36.3 Å². The predicted molar refractivity (Wildman–Crippen MR) is 103 cm³/mol. The monoisotopic (exact) mass is 367 g/mol. The third kappa shape index (κ3) is 3.29. The SMILES string of the molecule is C[C@@H]1CCc2c(sc3ncn(CC(=O)NCc4ccccc4)c(=O)c23)C1. The zero-order valence-corrected chi connectivity index (χ0v) is 15.5. The normalized spacial score (nSPS) is 16.4. The van der Waals surface area contributed by atoms with Gasteiger partial charge in [0, 0.05) is 11.4 Å². The summed E-state index contributed by atoms with van der Waals surface area (Å²) in [5.74, 6) is 0.469. The van der Waals surface area contributed by atoms with E-state index in [0.29, 0.717) is 12.5 Å². The van der Waals surface area contributed by atoms with Gasteiger partial charge in [-0.1, -0.05) is 37.3 Å². The number of benzene rings is 1. The molecule has 1 atom stereocenters. The van der Waals surface area contributed by atoms with Gasteiger partial charge < -0.3 is 5.32 Å². The molecule has 1 amide bonds. The van der Waals surface area contributed by atoms with Crippen molar-refractivity contribution in [2.45, 2.75) is 39.3 Å². The molecule has 0 saturated heterocycles. The number of carbonyl (C=O) groups is 1. The molecule has 0 radical (unpaired) electrons. The van der Waals surface area contributed by atoms with Gasteiger partial charge in [0.25, 0.3) is 5.56 Å². The maximum atomic E-state index is 12.9. The summed E-state index contributed by atoms with van der Waals surface area (Å²) >= 11 is 1.63. The van der Waals surface area contributed by atoms with Crippen molar-refractivity contribution in [2.24, 2.45) is 5.92 Å². The molecular weight excluding hydrogens is 346 g/mol. The molecule has 2 heterocycles. The molecule has 0 saturated carbocycles. The van der Waals surface area contributed by atoms with E-state index in [1.807, 2.05) is 30.3 Å². The van der Waals surface area contributed by atoms with Crippen molar-refractivity contribution in [3.8, 4) is 0 Å². The van der Waals surface area contributed by atoms with E-state index < -0.39 is 0 Å². The highest BCUT2D eigenvalue weighted by molar-refractivity contribution is 7.18. The molecule has 6 heteroatoms. The second-order valence-corrected chi connectivity index (χ2v) is 8.06. The number of nitrogens with one attached hydrogen (secondary N) is 1. The quantitative estimate of drug-likeness (QED) is 0.771. The minimum Gasteiger partial charge on any atom is -0.350 e. The number of aryl methyl sites for hydroxylation is 1. The number of amides is 1. The van der Waals surface area contributed by atoms with Crippen LogP contribution in [0.15, 0.2) is 41.5 Å². The van der Waals surface area contributed by atoms with Gasteiger partial charge in [0.2, 0.25) is 5.91 Å². The maximum Gasteiger partial charge on any atom is 0.262 e. The van der Waals surface area contributed by atoms with Gasteiger partial charge in [0.15, 0.2) is 0 Å². The molecule has 3 aromatic rings. The number of fused-ring (bicyclic) bond motifs is 3. The van der Waals surface area contributed by atoms with E-state index in [2.05, 4.69) is 17.2 Å². The van der Waals surface area contributed by atoms with E-state index in [9.17, 15) is 9.59 Å². The van der Waals surface area contributed by atoms with E-state index in [0.717, 1.165) is 40.6 Å². The molecule has 1 aliphatic rings. The Labute approximate surface area is 155 Å². The summed E-state index contributed by atoms with van der Waals surface area (Å²) in [6.07, 6.45) is 4.55. The average Bonchev–Trinajstić information content (AvgIpc) is 3.01. The van der Waals surface area contributed by atoms with Gasteiger partial charge in [-0.15, -0.1) is 11.3 Å². The highest BCUT2D eigenvalue weighted by atomic mass is 32.1. The van der Waals surface area contributed by atoms with Crippen molar-refractivity contribution in [1.29, 1.82) is 0 Å². The van der Waals surface area contributed by atoms with Crippen molar-refractivity contribution in [3.63, 3.8) is 0 Å². The van der Waals surface area contributed by atoms with E-state index in [1.54, 1.807) is 11.3 Å². The summed E-state index contributed by atoms with van der Waals surface area (Å²) in [5, 5.41) is 3.58. The number of carbonyl (C=O) groups excluding carboxylic acids is 1. The Morgan fingerprint density at radius 1 is 1.35 bits per heavy atom. The van der Waals surface area contributed by atoms with Gasteiger partial charge in [-0.25, -0.2) is 4.98 Å². The largest absolute Gasteiger partial charge is 0.350 e. The molecule has 0 aliphatic heterocycles. The van der Waals surface area contributed by atoms with Crippen LogP contribution in [0.1, 0.15) is 29.3 Å². The van der Waals surface area contributed by atoms with Crippen LogP contribution in [0.5, 0.6) is 0 Å². The number of thiophene rings is 1. The zero-order chi connectivity index (χ0) is 18.1. The number of nitrogens with zero attached hydrogens (tertiary/aromatic N) is 2. The third-order valence-electron chi connectivity index (χ3n) is 4.93. The fourth-order valence-corrected chi connectivity index (χ4v) is 4.83. The molecule has 4 rings (SSSR count). The lowest BCUT2D eigenvalue weighted by atomic mass is 9.89. The van der Waals surface area contributed by atoms with E-state index >= 15 is 0 Å². The molecule has 134 valence electrons. The first-order valence-corrected chi connectivity index (χ1v) is 9.74. The zero-order valence-electron chi connectivity index (χ0n) is 14.7. The lowest BCUT2D eigenvalue weighted by Gasteiger charge is -2.17. The van der Waals surface area contributed by atoms with E-state index in [4.69, 9.17) is 0 Å². The fraction of sp³-hybridized carbons (Fsp3) is 0.350. The summed E-state index contributed by atoms with van der Waals surface area (Å²) in [5.41, 5.74) is 2.08. The standard InChI is InChI=1S/C20H21N3O2S/c1-13-7-8-15-16(9-13)26-19-18(15)20(25)23(12-22-19)11-17(24)21-10-14-5-3-2-4-6-14/h2-6,12-13H,7-11H2,1H3,(H,21,24)/t13-/m1/s1. The van der Waals surface area contributed by atoms with Gasteiger partial charge in [0.1, 0.15) is 11.4 Å². The van der Waals surface area contributed by atoms with Gasteiger partial charge in [0.05, 0.1) is 11.7 Å². The molecule has 26 heavy (non-hydrogen) atoms. The van der Waals surface area contributed by atoms with E-state index in [1.165, 1.54) is 15.8 Å². The van der Waals surface area contributed by atoms with Crippen LogP contribution in [-0.2, 0) is 30.7 Å². The minimum atomic E-state index is -0.185. The Balaban J connectivity index is 1.54. The van der Waals surface area contributed by atoms with Crippen LogP contribution < -0.4 is 10.9 Å². The van der Waals surface area contributed by atoms with Crippen molar-refractivity contribution in [3.05, 3.63) is 63.0 Å². The predicted octanol–water partition coefficient (Wildman–Crippen LogP) is 2.90. The first kappa shape index (κ1) is 17.0. The summed E-state index contributed by atoms with van der Waals surface area (Å²) in [4.78, 5) is 31.7. The van der Waals surface area contributed by atoms with Gasteiger partial charge in [-0.2, -0.15) is 0 Å². The summed E-state index contributed by atoms with van der Waals surface area (Å²) < 4.78 is 1.42. The molecule has 0 spiro atoms. The van der Waals surface area contributed by atoms with Crippen LogP contribution >= 0.6 is 11.3 Å². The fourth-order valence-electron chi connectivity index (χ4n) is 3.49. The van der Waals surface area contributed by atoms with Crippen LogP contribution in [-0.4, -0.2) is 15.5 Å². The van der Waals surface area contributed by atoms with Crippen LogP contribution in [0.4, 0.5) is 0 Å². The smallest absolute Gasteiger partial charge is 0.262 e. The van der Waals surface area contributed by atoms with Crippen LogP contribution in [0, 0.1) is 5.92 Å². The minimum absolute atomic E-state index is 0.00434. The molecule has 1 aromatic carbocycles.